The first-order valence-electron chi connectivity index (χ1n) is 21.8. The number of phosphoric ester groups is 1. The van der Waals surface area contributed by atoms with Gasteiger partial charge in [-0.3, -0.25) is 18.6 Å². The first-order chi connectivity index (χ1) is 28.3. The highest BCUT2D eigenvalue weighted by atomic mass is 31.2. The minimum atomic E-state index is -4.41. The van der Waals surface area contributed by atoms with E-state index >= 15 is 0 Å². The number of esters is 2. The quantitative estimate of drug-likeness (QED) is 0.0203. The Morgan fingerprint density at radius 1 is 0.638 bits per heavy atom. The Labute approximate surface area is 351 Å². The SMILES string of the molecule is CC/C=C\C/C=C\C/C=C\C/C=C\C/C=C\CCCCCC(=O)O[C@H](COC(=O)CCC/C=C\C/C=C\C/C=C\CC1OC1CCCCC)COP(=O)(O)OCCN. The summed E-state index contributed by atoms with van der Waals surface area (Å²) in [6.07, 6.45) is 51.9. The lowest BCUT2D eigenvalue weighted by Gasteiger charge is -2.19. The van der Waals surface area contributed by atoms with Crippen LogP contribution in [-0.4, -0.2) is 61.5 Å². The van der Waals surface area contributed by atoms with Crippen LogP contribution in [0.15, 0.2) is 97.2 Å². The normalized spacial score (nSPS) is 17.7. The van der Waals surface area contributed by atoms with E-state index in [2.05, 4.69) is 105 Å². The zero-order chi connectivity index (χ0) is 42.2. The van der Waals surface area contributed by atoms with Gasteiger partial charge < -0.3 is 24.8 Å². The average molecular weight is 830 g/mol. The van der Waals surface area contributed by atoms with Crippen molar-refractivity contribution in [1.29, 1.82) is 0 Å². The summed E-state index contributed by atoms with van der Waals surface area (Å²) < 4.78 is 38.4. The van der Waals surface area contributed by atoms with Gasteiger partial charge in [0.1, 0.15) is 6.61 Å². The summed E-state index contributed by atoms with van der Waals surface area (Å²) in [4.78, 5) is 34.9. The molecule has 0 aliphatic carbocycles. The number of epoxide rings is 1. The van der Waals surface area contributed by atoms with Gasteiger partial charge in [-0.05, 0) is 89.9 Å². The Bertz CT molecular complexity index is 1330. The molecule has 3 N–H and O–H groups in total. The maximum atomic E-state index is 12.6. The van der Waals surface area contributed by atoms with Crippen LogP contribution in [0.1, 0.15) is 142 Å². The highest BCUT2D eigenvalue weighted by Gasteiger charge is 2.36. The predicted molar refractivity (Wildman–Crippen MR) is 237 cm³/mol. The highest BCUT2D eigenvalue weighted by Crippen LogP contribution is 2.43. The van der Waals surface area contributed by atoms with E-state index in [1.165, 1.54) is 25.7 Å². The van der Waals surface area contributed by atoms with Crippen LogP contribution in [0.2, 0.25) is 0 Å². The molecule has 1 heterocycles. The summed E-state index contributed by atoms with van der Waals surface area (Å²) in [5.74, 6) is -0.948. The van der Waals surface area contributed by atoms with E-state index in [1.807, 2.05) is 6.08 Å². The minimum Gasteiger partial charge on any atom is -0.462 e. The molecule has 0 radical (unpaired) electrons. The third-order valence-corrected chi connectivity index (χ3v) is 9.86. The molecule has 0 aromatic rings. The zero-order valence-electron chi connectivity index (χ0n) is 35.7. The topological polar surface area (TPSA) is 147 Å². The van der Waals surface area contributed by atoms with Gasteiger partial charge in [0.15, 0.2) is 6.10 Å². The van der Waals surface area contributed by atoms with Gasteiger partial charge in [-0.25, -0.2) is 4.57 Å². The number of rotatable bonds is 38. The average Bonchev–Trinajstić information content (AvgIpc) is 3.97. The number of ether oxygens (including phenoxy) is 3. The molecule has 1 aliphatic heterocycles. The maximum absolute atomic E-state index is 12.6. The van der Waals surface area contributed by atoms with E-state index < -0.39 is 32.5 Å². The third-order valence-electron chi connectivity index (χ3n) is 8.88. The molecule has 0 spiro atoms. The number of allylic oxidation sites excluding steroid dienone is 15. The number of carbonyl (C=O) groups is 2. The number of nitrogens with two attached hydrogens (primary N) is 1. The van der Waals surface area contributed by atoms with Gasteiger partial charge in [0.2, 0.25) is 0 Å². The molecule has 58 heavy (non-hydrogen) atoms. The molecule has 328 valence electrons. The maximum Gasteiger partial charge on any atom is 0.472 e. The van der Waals surface area contributed by atoms with Gasteiger partial charge in [0, 0.05) is 19.4 Å². The molecule has 1 saturated heterocycles. The van der Waals surface area contributed by atoms with Gasteiger partial charge in [0.25, 0.3) is 0 Å². The second kappa shape index (κ2) is 38.1. The first-order valence-corrected chi connectivity index (χ1v) is 23.3. The number of hydrogen-bond donors (Lipinski definition) is 2. The fourth-order valence-electron chi connectivity index (χ4n) is 5.57. The fourth-order valence-corrected chi connectivity index (χ4v) is 6.33. The molecule has 1 aliphatic rings. The number of phosphoric acid groups is 1. The lowest BCUT2D eigenvalue weighted by molar-refractivity contribution is -0.161. The molecule has 0 saturated carbocycles. The van der Waals surface area contributed by atoms with E-state index in [0.717, 1.165) is 77.0 Å². The van der Waals surface area contributed by atoms with Gasteiger partial charge in [-0.2, -0.15) is 0 Å². The van der Waals surface area contributed by atoms with Crippen LogP contribution >= 0.6 is 7.82 Å². The summed E-state index contributed by atoms with van der Waals surface area (Å²) in [6, 6.07) is 0. The molecule has 11 heteroatoms. The van der Waals surface area contributed by atoms with Crippen molar-refractivity contribution < 1.29 is 42.3 Å². The summed E-state index contributed by atoms with van der Waals surface area (Å²) in [5, 5.41) is 0. The summed E-state index contributed by atoms with van der Waals surface area (Å²) in [5.41, 5.74) is 5.34. The Kier molecular flexibility index (Phi) is 34.8. The molecule has 0 aromatic carbocycles. The zero-order valence-corrected chi connectivity index (χ0v) is 36.6. The molecule has 0 bridgehead atoms. The molecule has 3 unspecified atom stereocenters. The van der Waals surface area contributed by atoms with Crippen molar-refractivity contribution in [3.63, 3.8) is 0 Å². The van der Waals surface area contributed by atoms with E-state index in [1.54, 1.807) is 0 Å². The van der Waals surface area contributed by atoms with Crippen LogP contribution in [0.3, 0.4) is 0 Å². The largest absolute Gasteiger partial charge is 0.472 e. The Hall–Kier alpha value is -3.11. The van der Waals surface area contributed by atoms with Gasteiger partial charge in [0.05, 0.1) is 25.4 Å². The van der Waals surface area contributed by atoms with E-state index in [-0.39, 0.29) is 32.6 Å². The van der Waals surface area contributed by atoms with Crippen LogP contribution in [0.4, 0.5) is 0 Å². The Morgan fingerprint density at radius 3 is 1.78 bits per heavy atom. The number of carbonyl (C=O) groups excluding carboxylic acids is 2. The summed E-state index contributed by atoms with van der Waals surface area (Å²) in [7, 11) is -4.41. The van der Waals surface area contributed by atoms with E-state index in [0.29, 0.717) is 25.0 Å². The standard InChI is InChI=1S/C47H76NO9P/c1-3-5-7-8-9-10-11-12-13-14-15-16-17-18-19-24-27-30-34-38-47(50)56-43(42-55-58(51,52)54-40-39-48)41-53-46(49)37-33-29-26-23-21-20-22-25-28-32-36-45-44(57-45)35-31-6-4-2/h5,7,9-10,12-13,15-16,18-20,22-23,26,28,32,43-45H,3-4,6,8,11,14,17,21,24-25,27,29-31,33-42,48H2,1-2H3,(H,51,52)/b7-5-,10-9-,13-12-,16-15-,19-18-,22-20-,26-23-,32-28-/t43-,44?,45?/m1/s1. The van der Waals surface area contributed by atoms with Crippen molar-refractivity contribution in [2.45, 2.75) is 161 Å². The van der Waals surface area contributed by atoms with Gasteiger partial charge in [-0.1, -0.05) is 137 Å². The van der Waals surface area contributed by atoms with Crippen LogP contribution < -0.4 is 5.73 Å². The molecule has 1 rings (SSSR count). The fraction of sp³-hybridized carbons (Fsp3) is 0.617. The van der Waals surface area contributed by atoms with Crippen LogP contribution in [0.5, 0.6) is 0 Å². The van der Waals surface area contributed by atoms with Crippen molar-refractivity contribution in [1.82, 2.24) is 0 Å². The first kappa shape index (κ1) is 52.9. The van der Waals surface area contributed by atoms with E-state index in [9.17, 15) is 19.0 Å². The third kappa shape index (κ3) is 34.9. The molecule has 1 fully saturated rings. The van der Waals surface area contributed by atoms with Crippen molar-refractivity contribution in [3.8, 4) is 0 Å². The minimum absolute atomic E-state index is 0.0328. The molecular weight excluding hydrogens is 753 g/mol. The second-order valence-electron chi connectivity index (χ2n) is 14.2. The molecule has 0 amide bonds. The van der Waals surface area contributed by atoms with Crippen LogP contribution in [-0.2, 0) is 37.4 Å². The van der Waals surface area contributed by atoms with Crippen molar-refractivity contribution in [2.75, 3.05) is 26.4 Å². The Morgan fingerprint density at radius 2 is 1.19 bits per heavy atom. The molecule has 4 atom stereocenters. The van der Waals surface area contributed by atoms with Crippen LogP contribution in [0, 0.1) is 0 Å². The lowest BCUT2D eigenvalue weighted by Crippen LogP contribution is -2.29. The lowest BCUT2D eigenvalue weighted by atomic mass is 10.1. The molecule has 0 aromatic heterocycles. The van der Waals surface area contributed by atoms with Gasteiger partial charge in [-0.15, -0.1) is 0 Å². The predicted octanol–water partition coefficient (Wildman–Crippen LogP) is 11.6. The molecular formula is C47H76NO9P. The number of hydrogen-bond acceptors (Lipinski definition) is 9. The van der Waals surface area contributed by atoms with Crippen LogP contribution in [0.25, 0.3) is 0 Å². The summed E-state index contributed by atoms with van der Waals surface area (Å²) >= 11 is 0. The number of unbranched alkanes of at least 4 members (excludes halogenated alkanes) is 6. The smallest absolute Gasteiger partial charge is 0.462 e. The highest BCUT2D eigenvalue weighted by molar-refractivity contribution is 7.47. The van der Waals surface area contributed by atoms with Crippen molar-refractivity contribution in [3.05, 3.63) is 97.2 Å². The van der Waals surface area contributed by atoms with Crippen molar-refractivity contribution in [2.24, 2.45) is 5.73 Å². The van der Waals surface area contributed by atoms with E-state index in [4.69, 9.17) is 29.0 Å². The van der Waals surface area contributed by atoms with Crippen molar-refractivity contribution >= 4 is 19.8 Å². The summed E-state index contributed by atoms with van der Waals surface area (Å²) in [6.45, 7) is 3.45. The monoisotopic (exact) mass is 830 g/mol. The molecule has 10 nitrogen and oxygen atoms in total. The van der Waals surface area contributed by atoms with Gasteiger partial charge >= 0.3 is 19.8 Å². The second-order valence-corrected chi connectivity index (χ2v) is 15.7. The Balaban J connectivity index is 2.25.